The van der Waals surface area contributed by atoms with E-state index in [4.69, 9.17) is 10.5 Å². The number of aliphatic hydroxyl groups is 1. The molecule has 0 saturated carbocycles. The molecule has 4 N–H and O–H groups in total. The van der Waals surface area contributed by atoms with Gasteiger partial charge in [-0.15, -0.1) is 0 Å². The molecule has 2 rings (SSSR count). The number of hydrogen-bond acceptors (Lipinski definition) is 5. The number of unbranched alkanes of at least 4 members (excludes halogenated alkanes) is 1. The average molecular weight is 489 g/mol. The van der Waals surface area contributed by atoms with Crippen LogP contribution in [0.1, 0.15) is 72.3 Å². The maximum absolute atomic E-state index is 12.6. The third-order valence-corrected chi connectivity index (χ3v) is 7.18. The number of aryl methyl sites for hydroxylation is 1. The summed E-state index contributed by atoms with van der Waals surface area (Å²) < 4.78 is 7.22. The summed E-state index contributed by atoms with van der Waals surface area (Å²) in [5.41, 5.74) is 8.37. The average Bonchev–Trinajstić information content (AvgIpc) is 3.22. The first-order chi connectivity index (χ1) is 16.6. The highest BCUT2D eigenvalue weighted by atomic mass is 16.5. The predicted octanol–water partition coefficient (Wildman–Crippen LogP) is 4.30. The number of rotatable bonds is 16. The van der Waals surface area contributed by atoms with Gasteiger partial charge in [0, 0.05) is 43.6 Å². The van der Waals surface area contributed by atoms with Crippen LogP contribution in [0.15, 0.2) is 24.4 Å². The van der Waals surface area contributed by atoms with Crippen molar-refractivity contribution in [1.29, 1.82) is 0 Å². The molecule has 0 aliphatic heterocycles. The van der Waals surface area contributed by atoms with Crippen LogP contribution in [0.2, 0.25) is 0 Å². The van der Waals surface area contributed by atoms with Gasteiger partial charge >= 0.3 is 0 Å². The molecule has 0 radical (unpaired) electrons. The number of nitrogens with zero attached hydrogens (tertiary/aromatic N) is 2. The second-order valence-corrected chi connectivity index (χ2v) is 11.0. The normalized spacial score (nSPS) is 14.9. The number of ether oxygens (including phenoxy) is 1. The Kier molecular flexibility index (Phi) is 11.7. The highest BCUT2D eigenvalue weighted by molar-refractivity contribution is 5.81. The fourth-order valence-electron chi connectivity index (χ4n) is 4.50. The van der Waals surface area contributed by atoms with Crippen molar-refractivity contribution < 1.29 is 14.6 Å². The predicted molar refractivity (Wildman–Crippen MR) is 143 cm³/mol. The van der Waals surface area contributed by atoms with Gasteiger partial charge < -0.3 is 20.9 Å². The Hall–Kier alpha value is -1.96. The molecule has 0 spiro atoms. The molecule has 35 heavy (non-hydrogen) atoms. The summed E-state index contributed by atoms with van der Waals surface area (Å²) in [6.45, 7) is 12.2. The number of hydrogen-bond donors (Lipinski definition) is 3. The summed E-state index contributed by atoms with van der Waals surface area (Å²) in [6.07, 6.45) is 6.55. The lowest BCUT2D eigenvalue weighted by Gasteiger charge is -2.29. The molecule has 3 atom stereocenters. The second-order valence-electron chi connectivity index (χ2n) is 11.0. The molecule has 0 aliphatic carbocycles. The van der Waals surface area contributed by atoms with Crippen LogP contribution in [0.5, 0.6) is 0 Å². The lowest BCUT2D eigenvalue weighted by Crippen LogP contribution is -2.47. The number of methoxy groups -OCH3 is 1. The highest BCUT2D eigenvalue weighted by Gasteiger charge is 2.28. The Morgan fingerprint density at radius 3 is 2.69 bits per heavy atom. The molecular formula is C28H48N4O3. The fourth-order valence-corrected chi connectivity index (χ4v) is 4.50. The van der Waals surface area contributed by atoms with E-state index in [-0.39, 0.29) is 12.5 Å². The molecule has 0 bridgehead atoms. The van der Waals surface area contributed by atoms with Crippen LogP contribution >= 0.6 is 0 Å². The number of nitrogens with one attached hydrogen (secondary N) is 1. The summed E-state index contributed by atoms with van der Waals surface area (Å²) in [4.78, 5) is 12.6. The van der Waals surface area contributed by atoms with Gasteiger partial charge in [0.05, 0.1) is 17.8 Å². The zero-order valence-electron chi connectivity index (χ0n) is 22.7. The van der Waals surface area contributed by atoms with Crippen molar-refractivity contribution >= 4 is 16.8 Å². The third-order valence-electron chi connectivity index (χ3n) is 7.18. The molecule has 7 nitrogen and oxygen atoms in total. The third kappa shape index (κ3) is 8.89. The molecule has 7 heteroatoms. The van der Waals surface area contributed by atoms with Crippen LogP contribution in [0.4, 0.5) is 0 Å². The van der Waals surface area contributed by atoms with Crippen LogP contribution in [0.25, 0.3) is 10.9 Å². The molecule has 2 aromatic rings. The molecule has 1 aromatic carbocycles. The van der Waals surface area contributed by atoms with Crippen LogP contribution in [0, 0.1) is 17.3 Å². The minimum atomic E-state index is -0.771. The fraction of sp³-hybridized carbons (Fsp3) is 0.714. The summed E-state index contributed by atoms with van der Waals surface area (Å²) >= 11 is 0. The van der Waals surface area contributed by atoms with Crippen LogP contribution in [-0.4, -0.2) is 53.2 Å². The van der Waals surface area contributed by atoms with E-state index in [1.807, 2.05) is 24.7 Å². The van der Waals surface area contributed by atoms with Crippen molar-refractivity contribution in [3.05, 3.63) is 30.0 Å². The zero-order valence-corrected chi connectivity index (χ0v) is 22.7. The van der Waals surface area contributed by atoms with E-state index in [1.165, 1.54) is 5.56 Å². The smallest absolute Gasteiger partial charge is 0.225 e. The molecule has 198 valence electrons. The van der Waals surface area contributed by atoms with E-state index in [2.05, 4.69) is 49.4 Å². The molecule has 0 aliphatic rings. The maximum atomic E-state index is 12.6. The van der Waals surface area contributed by atoms with Crippen molar-refractivity contribution in [2.45, 2.75) is 91.8 Å². The summed E-state index contributed by atoms with van der Waals surface area (Å²) in [5.74, 6) is 0.713. The molecule has 3 unspecified atom stereocenters. The Morgan fingerprint density at radius 1 is 1.29 bits per heavy atom. The number of aliphatic hydroxyl groups excluding tert-OH is 1. The van der Waals surface area contributed by atoms with Crippen molar-refractivity contribution in [3.8, 4) is 0 Å². The van der Waals surface area contributed by atoms with Gasteiger partial charge in [-0.25, -0.2) is 0 Å². The van der Waals surface area contributed by atoms with E-state index in [1.54, 1.807) is 7.11 Å². The van der Waals surface area contributed by atoms with E-state index < -0.39 is 17.6 Å². The quantitative estimate of drug-likeness (QED) is 0.306. The van der Waals surface area contributed by atoms with E-state index in [9.17, 15) is 9.90 Å². The minimum Gasteiger partial charge on any atom is -0.390 e. The first kappa shape index (κ1) is 29.3. The van der Waals surface area contributed by atoms with Gasteiger partial charge in [0.25, 0.3) is 0 Å². The van der Waals surface area contributed by atoms with Gasteiger partial charge in [-0.3, -0.25) is 9.48 Å². The number of nitrogens with two attached hydrogens (primary N) is 1. The lowest BCUT2D eigenvalue weighted by molar-refractivity contribution is -0.130. The number of amides is 1. The van der Waals surface area contributed by atoms with Gasteiger partial charge in [-0.05, 0) is 49.1 Å². The first-order valence-electron chi connectivity index (χ1n) is 13.2. The monoisotopic (exact) mass is 488 g/mol. The number of fused-ring (bicyclic) bond motifs is 1. The molecular weight excluding hydrogens is 440 g/mol. The largest absolute Gasteiger partial charge is 0.390 e. The Labute approximate surface area is 211 Å². The van der Waals surface area contributed by atoms with Crippen molar-refractivity contribution in [2.24, 2.45) is 23.0 Å². The summed E-state index contributed by atoms with van der Waals surface area (Å²) in [5, 5.41) is 19.3. The number of carbonyl (C=O) groups excluding carboxylic acids is 1. The molecule has 0 saturated heterocycles. The van der Waals surface area contributed by atoms with Gasteiger partial charge in [-0.1, -0.05) is 59.6 Å². The van der Waals surface area contributed by atoms with E-state index >= 15 is 0 Å². The summed E-state index contributed by atoms with van der Waals surface area (Å²) in [7, 11) is 1.72. The van der Waals surface area contributed by atoms with Crippen LogP contribution < -0.4 is 11.1 Å². The molecule has 1 heterocycles. The van der Waals surface area contributed by atoms with Crippen molar-refractivity contribution in [1.82, 2.24) is 15.1 Å². The standard InChI is InChI=1S/C28H48N4O3/c1-7-8-12-28(4,5)27(34)30-19-26(33)24(29)17-23(20(2)3)15-21-10-11-22-18-31-32(25(22)16-21)13-9-14-35-6/h10-11,16,18,20,23-24,26,33H,7-9,12-15,17,19,29H2,1-6H3,(H,30,34). The Balaban J connectivity index is 1.98. The first-order valence-corrected chi connectivity index (χ1v) is 13.2. The summed E-state index contributed by atoms with van der Waals surface area (Å²) in [6, 6.07) is 6.13. The topological polar surface area (TPSA) is 102 Å². The van der Waals surface area contributed by atoms with Crippen LogP contribution in [-0.2, 0) is 22.5 Å². The number of benzene rings is 1. The van der Waals surface area contributed by atoms with E-state index in [0.717, 1.165) is 49.6 Å². The zero-order chi connectivity index (χ0) is 26.0. The van der Waals surface area contributed by atoms with Gasteiger partial charge in [0.1, 0.15) is 0 Å². The van der Waals surface area contributed by atoms with Gasteiger partial charge in [0.15, 0.2) is 0 Å². The van der Waals surface area contributed by atoms with E-state index in [0.29, 0.717) is 24.9 Å². The molecule has 0 fully saturated rings. The molecule has 1 amide bonds. The molecule has 1 aromatic heterocycles. The Bertz CT molecular complexity index is 909. The highest BCUT2D eigenvalue weighted by Crippen LogP contribution is 2.26. The van der Waals surface area contributed by atoms with Crippen LogP contribution in [0.3, 0.4) is 0 Å². The SMILES string of the molecule is CCCCC(C)(C)C(=O)NCC(O)C(N)CC(Cc1ccc2cnn(CCCOC)c2c1)C(C)C. The Morgan fingerprint density at radius 2 is 2.03 bits per heavy atom. The number of aromatic nitrogens is 2. The minimum absolute atomic E-state index is 0.0203. The lowest BCUT2D eigenvalue weighted by atomic mass is 9.83. The van der Waals surface area contributed by atoms with Gasteiger partial charge in [0.2, 0.25) is 5.91 Å². The number of carbonyl (C=O) groups is 1. The van der Waals surface area contributed by atoms with Crippen molar-refractivity contribution in [2.75, 3.05) is 20.3 Å². The maximum Gasteiger partial charge on any atom is 0.225 e. The second kappa shape index (κ2) is 14.0. The van der Waals surface area contributed by atoms with Crippen molar-refractivity contribution in [3.63, 3.8) is 0 Å². The van der Waals surface area contributed by atoms with Gasteiger partial charge in [-0.2, -0.15) is 5.10 Å².